The number of benzene rings is 1. The molecule has 0 aromatic heterocycles. The van der Waals surface area contributed by atoms with E-state index < -0.39 is 0 Å². The third-order valence-electron chi connectivity index (χ3n) is 6.06. The molecule has 0 spiro atoms. The van der Waals surface area contributed by atoms with E-state index in [0.29, 0.717) is 5.92 Å². The summed E-state index contributed by atoms with van der Waals surface area (Å²) in [5.74, 6) is 0.861. The van der Waals surface area contributed by atoms with E-state index >= 15 is 0 Å². The van der Waals surface area contributed by atoms with Crippen molar-refractivity contribution in [3.8, 4) is 0 Å². The standard InChI is InChI=1S/C20H30N2O.ClH/c1-15-8-4-5-9-18(15)20(10-6-3-7-11-20)14-22-19(23)16(2)17-12-21-13-17;/h4-5,8-9,16-17,21H,3,6-7,10-14H2,1-2H3,(H,22,23);1H. The lowest BCUT2D eigenvalue weighted by Crippen LogP contribution is -2.51. The molecule has 1 aromatic carbocycles. The van der Waals surface area contributed by atoms with E-state index in [1.54, 1.807) is 0 Å². The summed E-state index contributed by atoms with van der Waals surface area (Å²) in [6.45, 7) is 7.04. The number of aryl methyl sites for hydroxylation is 1. The molecule has 134 valence electrons. The molecule has 4 heteroatoms. The number of carbonyl (C=O) groups excluding carboxylic acids is 1. The second-order valence-electron chi connectivity index (χ2n) is 7.58. The molecule has 1 heterocycles. The van der Waals surface area contributed by atoms with Gasteiger partial charge in [0.05, 0.1) is 0 Å². The highest BCUT2D eigenvalue weighted by Gasteiger charge is 2.36. The maximum Gasteiger partial charge on any atom is 0.223 e. The smallest absolute Gasteiger partial charge is 0.223 e. The quantitative estimate of drug-likeness (QED) is 0.852. The number of rotatable bonds is 5. The van der Waals surface area contributed by atoms with Gasteiger partial charge in [-0.05, 0) is 49.9 Å². The maximum absolute atomic E-state index is 12.5. The summed E-state index contributed by atoms with van der Waals surface area (Å²) in [7, 11) is 0. The van der Waals surface area contributed by atoms with E-state index in [-0.39, 0.29) is 29.6 Å². The minimum absolute atomic E-state index is 0. The van der Waals surface area contributed by atoms with Gasteiger partial charge in [-0.3, -0.25) is 4.79 Å². The van der Waals surface area contributed by atoms with Crippen LogP contribution in [0.5, 0.6) is 0 Å². The van der Waals surface area contributed by atoms with E-state index in [1.807, 2.05) is 0 Å². The zero-order valence-electron chi connectivity index (χ0n) is 14.9. The Balaban J connectivity index is 0.00000208. The van der Waals surface area contributed by atoms with Crippen LogP contribution in [0.3, 0.4) is 0 Å². The number of halogens is 1. The summed E-state index contributed by atoms with van der Waals surface area (Å²) in [6.07, 6.45) is 6.25. The van der Waals surface area contributed by atoms with Gasteiger partial charge in [0.2, 0.25) is 5.91 Å². The molecule has 1 aliphatic carbocycles. The van der Waals surface area contributed by atoms with Crippen LogP contribution in [0.2, 0.25) is 0 Å². The SMILES string of the molecule is Cc1ccccc1C1(CNC(=O)C(C)C2CNC2)CCCCC1.Cl. The molecule has 2 N–H and O–H groups in total. The van der Waals surface area contributed by atoms with Crippen LogP contribution in [0, 0.1) is 18.8 Å². The fourth-order valence-electron chi connectivity index (χ4n) is 4.23. The lowest BCUT2D eigenvalue weighted by molar-refractivity contribution is -0.127. The van der Waals surface area contributed by atoms with Gasteiger partial charge in [0.1, 0.15) is 0 Å². The Morgan fingerprint density at radius 2 is 1.92 bits per heavy atom. The van der Waals surface area contributed by atoms with E-state index in [0.717, 1.165) is 19.6 Å². The minimum atomic E-state index is 0. The Bertz CT molecular complexity index is 550. The number of amides is 1. The normalized spacial score (nSPS) is 21.2. The van der Waals surface area contributed by atoms with Crippen LogP contribution in [-0.4, -0.2) is 25.5 Å². The predicted molar refractivity (Wildman–Crippen MR) is 102 cm³/mol. The van der Waals surface area contributed by atoms with E-state index in [1.165, 1.54) is 43.2 Å². The third-order valence-corrected chi connectivity index (χ3v) is 6.06. The Hall–Kier alpha value is -1.06. The number of hydrogen-bond acceptors (Lipinski definition) is 2. The second kappa shape index (κ2) is 8.35. The topological polar surface area (TPSA) is 41.1 Å². The molecule has 1 amide bonds. The molecule has 1 aliphatic heterocycles. The number of carbonyl (C=O) groups is 1. The lowest BCUT2D eigenvalue weighted by Gasteiger charge is -2.40. The summed E-state index contributed by atoms with van der Waals surface area (Å²) in [5.41, 5.74) is 2.94. The molecule has 1 saturated heterocycles. The Morgan fingerprint density at radius 3 is 2.50 bits per heavy atom. The maximum atomic E-state index is 12.5. The first-order valence-electron chi connectivity index (χ1n) is 9.17. The van der Waals surface area contributed by atoms with Gasteiger partial charge in [-0.2, -0.15) is 0 Å². The van der Waals surface area contributed by atoms with Gasteiger partial charge >= 0.3 is 0 Å². The molecule has 2 fully saturated rings. The van der Waals surface area contributed by atoms with Crippen molar-refractivity contribution in [2.24, 2.45) is 11.8 Å². The fraction of sp³-hybridized carbons (Fsp3) is 0.650. The first-order chi connectivity index (χ1) is 11.1. The van der Waals surface area contributed by atoms with Crippen molar-refractivity contribution < 1.29 is 4.79 Å². The summed E-state index contributed by atoms with van der Waals surface area (Å²) >= 11 is 0. The molecule has 1 aromatic rings. The molecule has 3 rings (SSSR count). The molecule has 0 bridgehead atoms. The zero-order chi connectivity index (χ0) is 16.3. The van der Waals surface area contributed by atoms with Crippen molar-refractivity contribution in [1.29, 1.82) is 0 Å². The van der Waals surface area contributed by atoms with E-state index in [9.17, 15) is 4.79 Å². The molecular formula is C20H31ClN2O. The van der Waals surface area contributed by atoms with E-state index in [2.05, 4.69) is 48.7 Å². The Morgan fingerprint density at radius 1 is 1.25 bits per heavy atom. The summed E-state index contributed by atoms with van der Waals surface area (Å²) in [5, 5.41) is 6.56. The molecule has 2 aliphatic rings. The lowest BCUT2D eigenvalue weighted by atomic mass is 9.68. The van der Waals surface area contributed by atoms with Gasteiger partial charge in [-0.15, -0.1) is 12.4 Å². The largest absolute Gasteiger partial charge is 0.355 e. The highest BCUT2D eigenvalue weighted by molar-refractivity contribution is 5.85. The van der Waals surface area contributed by atoms with Crippen LogP contribution < -0.4 is 10.6 Å². The second-order valence-corrected chi connectivity index (χ2v) is 7.58. The highest BCUT2D eigenvalue weighted by atomic mass is 35.5. The van der Waals surface area contributed by atoms with Crippen molar-refractivity contribution in [1.82, 2.24) is 10.6 Å². The summed E-state index contributed by atoms with van der Waals surface area (Å²) < 4.78 is 0. The Kier molecular flexibility index (Phi) is 6.70. The average Bonchev–Trinajstić information content (AvgIpc) is 2.52. The minimum Gasteiger partial charge on any atom is -0.355 e. The third kappa shape index (κ3) is 3.94. The zero-order valence-corrected chi connectivity index (χ0v) is 15.8. The molecule has 3 nitrogen and oxygen atoms in total. The number of nitrogens with one attached hydrogen (secondary N) is 2. The van der Waals surface area contributed by atoms with Gasteiger partial charge < -0.3 is 10.6 Å². The first-order valence-corrected chi connectivity index (χ1v) is 9.17. The van der Waals surface area contributed by atoms with Crippen LogP contribution in [0.4, 0.5) is 0 Å². The number of hydrogen-bond donors (Lipinski definition) is 2. The van der Waals surface area contributed by atoms with Crippen LogP contribution >= 0.6 is 12.4 Å². The highest BCUT2D eigenvalue weighted by Crippen LogP contribution is 2.40. The van der Waals surface area contributed by atoms with Gasteiger partial charge in [-0.1, -0.05) is 50.5 Å². The summed E-state index contributed by atoms with van der Waals surface area (Å²) in [4.78, 5) is 12.5. The first kappa shape index (κ1) is 19.3. The van der Waals surface area contributed by atoms with Gasteiger partial charge in [0.25, 0.3) is 0 Å². The summed E-state index contributed by atoms with van der Waals surface area (Å²) in [6, 6.07) is 8.73. The van der Waals surface area contributed by atoms with E-state index in [4.69, 9.17) is 0 Å². The van der Waals surface area contributed by atoms with Crippen LogP contribution in [0.1, 0.15) is 50.2 Å². The van der Waals surface area contributed by atoms with Crippen LogP contribution in [0.15, 0.2) is 24.3 Å². The van der Waals surface area contributed by atoms with Crippen molar-refractivity contribution in [2.45, 2.75) is 51.4 Å². The molecule has 1 saturated carbocycles. The molecular weight excluding hydrogens is 320 g/mol. The van der Waals surface area contributed by atoms with Gasteiger partial charge in [0.15, 0.2) is 0 Å². The molecule has 24 heavy (non-hydrogen) atoms. The molecule has 1 atom stereocenters. The van der Waals surface area contributed by atoms with Crippen LogP contribution in [0.25, 0.3) is 0 Å². The van der Waals surface area contributed by atoms with Crippen molar-refractivity contribution >= 4 is 18.3 Å². The van der Waals surface area contributed by atoms with Gasteiger partial charge in [0, 0.05) is 17.9 Å². The molecule has 1 unspecified atom stereocenters. The fourth-order valence-corrected chi connectivity index (χ4v) is 4.23. The average molecular weight is 351 g/mol. The van der Waals surface area contributed by atoms with Crippen LogP contribution in [-0.2, 0) is 10.2 Å². The van der Waals surface area contributed by atoms with Crippen molar-refractivity contribution in [2.75, 3.05) is 19.6 Å². The van der Waals surface area contributed by atoms with Gasteiger partial charge in [-0.25, -0.2) is 0 Å². The predicted octanol–water partition coefficient (Wildman–Crippen LogP) is 3.59. The Labute approximate surface area is 152 Å². The van der Waals surface area contributed by atoms with Crippen molar-refractivity contribution in [3.63, 3.8) is 0 Å². The monoisotopic (exact) mass is 350 g/mol. The molecule has 0 radical (unpaired) electrons. The van der Waals surface area contributed by atoms with Crippen molar-refractivity contribution in [3.05, 3.63) is 35.4 Å².